The molecule has 2 fully saturated rings. The highest BCUT2D eigenvalue weighted by atomic mass is 32.2. The topological polar surface area (TPSA) is 74.8 Å². The van der Waals surface area contributed by atoms with E-state index in [9.17, 15) is 18.0 Å². The highest BCUT2D eigenvalue weighted by Gasteiger charge is 2.41. The summed E-state index contributed by atoms with van der Waals surface area (Å²) in [5.74, 6) is -0.0137. The van der Waals surface area contributed by atoms with Crippen LogP contribution in [0.25, 0.3) is 0 Å². The monoisotopic (exact) mass is 420 g/mol. The van der Waals surface area contributed by atoms with Crippen LogP contribution in [0, 0.1) is 5.92 Å². The largest absolute Gasteiger partial charge is 0.338 e. The number of hydrogen-bond donors (Lipinski definition) is 0. The number of hydrogen-bond acceptors (Lipinski definition) is 4. The van der Waals surface area contributed by atoms with Crippen molar-refractivity contribution in [2.45, 2.75) is 58.4 Å². The summed E-state index contributed by atoms with van der Waals surface area (Å²) in [5.41, 5.74) is 2.02. The Hall–Kier alpha value is -1.89. The fraction of sp³-hybridized carbons (Fsp3) is 0.636. The molecule has 3 rings (SSSR count). The highest BCUT2D eigenvalue weighted by Crippen LogP contribution is 2.34. The van der Waals surface area contributed by atoms with Gasteiger partial charge < -0.3 is 9.80 Å². The van der Waals surface area contributed by atoms with Crippen LogP contribution in [0.5, 0.6) is 0 Å². The molecule has 3 atom stereocenters. The van der Waals surface area contributed by atoms with E-state index in [2.05, 4.69) is 19.9 Å². The highest BCUT2D eigenvalue weighted by molar-refractivity contribution is 7.91. The Kier molecular flexibility index (Phi) is 6.66. The van der Waals surface area contributed by atoms with Crippen molar-refractivity contribution in [1.82, 2.24) is 4.90 Å². The first-order valence-corrected chi connectivity index (χ1v) is 12.5. The summed E-state index contributed by atoms with van der Waals surface area (Å²) in [6.45, 7) is 7.15. The predicted molar refractivity (Wildman–Crippen MR) is 115 cm³/mol. The van der Waals surface area contributed by atoms with Crippen molar-refractivity contribution in [1.29, 1.82) is 0 Å². The van der Waals surface area contributed by atoms with Crippen LogP contribution in [-0.4, -0.2) is 55.8 Å². The van der Waals surface area contributed by atoms with Crippen LogP contribution in [0.1, 0.15) is 57.9 Å². The van der Waals surface area contributed by atoms with E-state index in [0.717, 1.165) is 24.1 Å². The second-order valence-corrected chi connectivity index (χ2v) is 10.6. The first-order chi connectivity index (χ1) is 13.8. The van der Waals surface area contributed by atoms with Crippen molar-refractivity contribution in [3.05, 3.63) is 29.8 Å². The zero-order valence-electron chi connectivity index (χ0n) is 17.6. The number of benzene rings is 1. The maximum absolute atomic E-state index is 13.3. The van der Waals surface area contributed by atoms with Gasteiger partial charge in [-0.15, -0.1) is 0 Å². The second-order valence-electron chi connectivity index (χ2n) is 8.36. The molecule has 2 aliphatic heterocycles. The summed E-state index contributed by atoms with van der Waals surface area (Å²) in [6, 6.07) is 7.66. The van der Waals surface area contributed by atoms with E-state index in [1.807, 2.05) is 25.1 Å². The average Bonchev–Trinajstić information content (AvgIpc) is 3.26. The molecule has 0 N–H and O–H groups in total. The van der Waals surface area contributed by atoms with Gasteiger partial charge in [-0.05, 0) is 36.8 Å². The SMILES string of the molecule is CCCN(C(=O)[C@H]1CC(=O)N(c2ccccc2[C@@H](C)CC)C1)[C@@H]1CCS(=O)(=O)C1. The van der Waals surface area contributed by atoms with E-state index in [1.165, 1.54) is 0 Å². The minimum Gasteiger partial charge on any atom is -0.338 e. The van der Waals surface area contributed by atoms with E-state index in [-0.39, 0.29) is 35.8 Å². The number of rotatable bonds is 7. The predicted octanol–water partition coefficient (Wildman–Crippen LogP) is 2.98. The van der Waals surface area contributed by atoms with Gasteiger partial charge in [0, 0.05) is 31.2 Å². The van der Waals surface area contributed by atoms with Crippen molar-refractivity contribution >= 4 is 27.3 Å². The third-order valence-corrected chi connectivity index (χ3v) is 7.99. The number of anilines is 1. The number of para-hydroxylation sites is 1. The van der Waals surface area contributed by atoms with Gasteiger partial charge in [0.05, 0.1) is 17.4 Å². The molecule has 7 heteroatoms. The summed E-state index contributed by atoms with van der Waals surface area (Å²) >= 11 is 0. The fourth-order valence-electron chi connectivity index (χ4n) is 4.45. The van der Waals surface area contributed by atoms with Crippen LogP contribution >= 0.6 is 0 Å². The molecule has 2 heterocycles. The van der Waals surface area contributed by atoms with E-state index in [1.54, 1.807) is 9.80 Å². The molecule has 0 spiro atoms. The Labute approximate surface area is 174 Å². The molecule has 160 valence electrons. The normalized spacial score (nSPS) is 24.7. The van der Waals surface area contributed by atoms with E-state index < -0.39 is 15.8 Å². The molecule has 2 saturated heterocycles. The van der Waals surface area contributed by atoms with Crippen LogP contribution in [-0.2, 0) is 19.4 Å². The fourth-order valence-corrected chi connectivity index (χ4v) is 6.18. The number of amides is 2. The lowest BCUT2D eigenvalue weighted by Crippen LogP contribution is -2.45. The van der Waals surface area contributed by atoms with Gasteiger partial charge in [-0.1, -0.05) is 39.0 Å². The molecule has 6 nitrogen and oxygen atoms in total. The minimum absolute atomic E-state index is 0.0328. The molecular weight excluding hydrogens is 388 g/mol. The van der Waals surface area contributed by atoms with Gasteiger partial charge in [0.25, 0.3) is 0 Å². The van der Waals surface area contributed by atoms with Crippen molar-refractivity contribution in [2.24, 2.45) is 5.92 Å². The Morgan fingerprint density at radius 2 is 2.00 bits per heavy atom. The summed E-state index contributed by atoms with van der Waals surface area (Å²) in [6.07, 6.45) is 2.42. The molecule has 0 unspecified atom stereocenters. The molecule has 2 aliphatic rings. The van der Waals surface area contributed by atoms with Gasteiger partial charge in [-0.25, -0.2) is 8.42 Å². The Balaban J connectivity index is 1.79. The lowest BCUT2D eigenvalue weighted by Gasteiger charge is -2.30. The lowest BCUT2D eigenvalue weighted by atomic mass is 9.96. The Morgan fingerprint density at radius 1 is 1.28 bits per heavy atom. The smallest absolute Gasteiger partial charge is 0.228 e. The van der Waals surface area contributed by atoms with Crippen molar-refractivity contribution < 1.29 is 18.0 Å². The van der Waals surface area contributed by atoms with E-state index in [0.29, 0.717) is 25.4 Å². The lowest BCUT2D eigenvalue weighted by molar-refractivity contribution is -0.137. The first kappa shape index (κ1) is 21.8. The Morgan fingerprint density at radius 3 is 2.62 bits per heavy atom. The molecule has 2 amide bonds. The van der Waals surface area contributed by atoms with Gasteiger partial charge in [0.1, 0.15) is 0 Å². The Bertz CT molecular complexity index is 867. The van der Waals surface area contributed by atoms with Gasteiger partial charge >= 0.3 is 0 Å². The number of sulfone groups is 1. The molecule has 1 aromatic rings. The van der Waals surface area contributed by atoms with Gasteiger partial charge in [-0.3, -0.25) is 9.59 Å². The summed E-state index contributed by atoms with van der Waals surface area (Å²) in [5, 5.41) is 0. The molecule has 0 aromatic heterocycles. The van der Waals surface area contributed by atoms with Crippen LogP contribution < -0.4 is 4.90 Å². The average molecular weight is 421 g/mol. The zero-order valence-corrected chi connectivity index (χ0v) is 18.5. The number of nitrogens with zero attached hydrogens (tertiary/aromatic N) is 2. The maximum atomic E-state index is 13.3. The second kappa shape index (κ2) is 8.86. The third kappa shape index (κ3) is 4.65. The van der Waals surface area contributed by atoms with Gasteiger partial charge in [0.2, 0.25) is 11.8 Å². The third-order valence-electron chi connectivity index (χ3n) is 6.24. The number of carbonyl (C=O) groups excluding carboxylic acids is 2. The van der Waals surface area contributed by atoms with Crippen LogP contribution in [0.2, 0.25) is 0 Å². The van der Waals surface area contributed by atoms with Crippen molar-refractivity contribution in [3.63, 3.8) is 0 Å². The first-order valence-electron chi connectivity index (χ1n) is 10.7. The molecule has 0 aliphatic carbocycles. The van der Waals surface area contributed by atoms with E-state index >= 15 is 0 Å². The van der Waals surface area contributed by atoms with Crippen molar-refractivity contribution in [3.8, 4) is 0 Å². The summed E-state index contributed by atoms with van der Waals surface area (Å²) in [7, 11) is -3.07. The molecular formula is C22H32N2O4S. The zero-order chi connectivity index (χ0) is 21.2. The van der Waals surface area contributed by atoms with Gasteiger partial charge in [0.15, 0.2) is 9.84 Å². The van der Waals surface area contributed by atoms with Crippen molar-refractivity contribution in [2.75, 3.05) is 29.5 Å². The summed E-state index contributed by atoms with van der Waals surface area (Å²) in [4.78, 5) is 29.6. The molecule has 0 bridgehead atoms. The van der Waals surface area contributed by atoms with Gasteiger partial charge in [-0.2, -0.15) is 0 Å². The van der Waals surface area contributed by atoms with Crippen LogP contribution in [0.15, 0.2) is 24.3 Å². The van der Waals surface area contributed by atoms with E-state index in [4.69, 9.17) is 0 Å². The quantitative estimate of drug-likeness (QED) is 0.680. The standard InChI is InChI=1S/C22H32N2O4S/c1-4-11-23(18-10-12-29(27,28)15-18)22(26)17-13-21(25)24(14-17)20-9-7-6-8-19(20)16(3)5-2/h6-9,16-18H,4-5,10-15H2,1-3H3/t16-,17-,18+/m0/s1. The maximum Gasteiger partial charge on any atom is 0.228 e. The molecule has 29 heavy (non-hydrogen) atoms. The number of carbonyl (C=O) groups is 2. The molecule has 0 saturated carbocycles. The molecule has 1 aromatic carbocycles. The molecule has 0 radical (unpaired) electrons. The summed E-state index contributed by atoms with van der Waals surface area (Å²) < 4.78 is 23.8. The van der Waals surface area contributed by atoms with Crippen LogP contribution in [0.3, 0.4) is 0 Å². The minimum atomic E-state index is -3.07. The van der Waals surface area contributed by atoms with Crippen LogP contribution in [0.4, 0.5) is 5.69 Å².